The maximum absolute atomic E-state index is 14.6. The third kappa shape index (κ3) is 8.81. The number of sulfonamides is 1. The van der Waals surface area contributed by atoms with E-state index < -0.39 is 28.5 Å². The van der Waals surface area contributed by atoms with Crippen molar-refractivity contribution in [2.45, 2.75) is 50.7 Å². The maximum atomic E-state index is 14.6. The number of rotatable bonds is 13. The summed E-state index contributed by atoms with van der Waals surface area (Å²) in [5, 5.41) is 3.71. The van der Waals surface area contributed by atoms with Crippen LogP contribution in [0, 0.1) is 6.92 Å². The van der Waals surface area contributed by atoms with E-state index in [4.69, 9.17) is 27.9 Å². The second-order valence-electron chi connectivity index (χ2n) is 11.2. The first kappa shape index (κ1) is 34.8. The molecule has 0 heterocycles. The van der Waals surface area contributed by atoms with Gasteiger partial charge in [0.05, 0.1) is 17.7 Å². The number of hydrogen-bond donors (Lipinski definition) is 1. The standard InChI is InChI=1S/C35H37Cl2N3O5S/c1-24(2)38-35(42)32(20-26-8-6-5-7-9-26)39(22-27-12-14-28(36)15-13-27)34(41)23-40(31-21-29(37)16-19-33(31)45-4)46(43,44)30-17-10-25(3)11-18-30/h5-19,21,24,32H,20,22-23H2,1-4H3,(H,38,42). The van der Waals surface area contributed by atoms with Crippen molar-refractivity contribution < 1.29 is 22.7 Å². The highest BCUT2D eigenvalue weighted by atomic mass is 35.5. The molecule has 1 unspecified atom stereocenters. The minimum atomic E-state index is -4.32. The van der Waals surface area contributed by atoms with E-state index in [1.54, 1.807) is 48.5 Å². The molecule has 1 atom stereocenters. The molecule has 0 spiro atoms. The molecule has 242 valence electrons. The fraction of sp³-hybridized carbons (Fsp3) is 0.257. The third-order valence-corrected chi connectivity index (χ3v) is 9.53. The molecule has 4 rings (SSSR count). The molecule has 0 aliphatic carbocycles. The van der Waals surface area contributed by atoms with Gasteiger partial charge in [-0.3, -0.25) is 13.9 Å². The number of carbonyl (C=O) groups is 2. The smallest absolute Gasteiger partial charge is 0.264 e. The summed E-state index contributed by atoms with van der Waals surface area (Å²) in [5.74, 6) is -0.766. The Labute approximate surface area is 280 Å². The molecule has 46 heavy (non-hydrogen) atoms. The fourth-order valence-electron chi connectivity index (χ4n) is 4.93. The van der Waals surface area contributed by atoms with Gasteiger partial charge >= 0.3 is 0 Å². The van der Waals surface area contributed by atoms with Crippen LogP contribution in [0.25, 0.3) is 0 Å². The van der Waals surface area contributed by atoms with Gasteiger partial charge in [-0.05, 0) is 74.4 Å². The van der Waals surface area contributed by atoms with Crippen LogP contribution in [0.4, 0.5) is 5.69 Å². The molecule has 0 saturated carbocycles. The SMILES string of the molecule is COc1ccc(Cl)cc1N(CC(=O)N(Cc1ccc(Cl)cc1)C(Cc1ccccc1)C(=O)NC(C)C)S(=O)(=O)c1ccc(C)cc1. The van der Waals surface area contributed by atoms with Crippen LogP contribution in [0.2, 0.25) is 10.0 Å². The Kier molecular flexibility index (Phi) is 11.7. The van der Waals surface area contributed by atoms with E-state index in [9.17, 15) is 18.0 Å². The van der Waals surface area contributed by atoms with Crippen molar-refractivity contribution >= 4 is 50.7 Å². The predicted octanol–water partition coefficient (Wildman–Crippen LogP) is 6.67. The second-order valence-corrected chi connectivity index (χ2v) is 13.9. The highest BCUT2D eigenvalue weighted by Gasteiger charge is 2.36. The molecular formula is C35H37Cl2N3O5S. The first-order valence-electron chi connectivity index (χ1n) is 14.7. The predicted molar refractivity (Wildman–Crippen MR) is 183 cm³/mol. The van der Waals surface area contributed by atoms with Crippen LogP contribution in [-0.4, -0.2) is 50.9 Å². The average molecular weight is 683 g/mol. The zero-order chi connectivity index (χ0) is 33.4. The van der Waals surface area contributed by atoms with E-state index in [1.807, 2.05) is 51.1 Å². The largest absolute Gasteiger partial charge is 0.495 e. The molecule has 4 aromatic rings. The zero-order valence-corrected chi connectivity index (χ0v) is 28.4. The molecular weight excluding hydrogens is 645 g/mol. The van der Waals surface area contributed by atoms with Crippen LogP contribution in [-0.2, 0) is 32.6 Å². The van der Waals surface area contributed by atoms with E-state index in [1.165, 1.54) is 30.2 Å². The van der Waals surface area contributed by atoms with Crippen LogP contribution >= 0.6 is 23.2 Å². The number of halogens is 2. The van der Waals surface area contributed by atoms with Gasteiger partial charge in [-0.25, -0.2) is 8.42 Å². The summed E-state index contributed by atoms with van der Waals surface area (Å²) in [5.41, 5.74) is 2.50. The lowest BCUT2D eigenvalue weighted by molar-refractivity contribution is -0.140. The van der Waals surface area contributed by atoms with Gasteiger partial charge in [-0.2, -0.15) is 0 Å². The first-order valence-corrected chi connectivity index (χ1v) is 16.9. The summed E-state index contributed by atoms with van der Waals surface area (Å²) >= 11 is 12.5. The number of hydrogen-bond acceptors (Lipinski definition) is 5. The van der Waals surface area contributed by atoms with Gasteiger partial charge in [0.2, 0.25) is 11.8 Å². The van der Waals surface area contributed by atoms with Gasteiger partial charge in [0.15, 0.2) is 0 Å². The second kappa shape index (κ2) is 15.5. The molecule has 11 heteroatoms. The average Bonchev–Trinajstić information content (AvgIpc) is 3.02. The highest BCUT2D eigenvalue weighted by molar-refractivity contribution is 7.92. The van der Waals surface area contributed by atoms with Crippen molar-refractivity contribution in [2.75, 3.05) is 18.0 Å². The Morgan fingerprint density at radius 1 is 0.848 bits per heavy atom. The van der Waals surface area contributed by atoms with E-state index >= 15 is 0 Å². The first-order chi connectivity index (χ1) is 21.9. The highest BCUT2D eigenvalue weighted by Crippen LogP contribution is 2.35. The number of methoxy groups -OCH3 is 1. The number of carbonyl (C=O) groups excluding carboxylic acids is 2. The monoisotopic (exact) mass is 681 g/mol. The molecule has 4 aromatic carbocycles. The van der Waals surface area contributed by atoms with E-state index in [-0.39, 0.29) is 46.3 Å². The molecule has 0 fully saturated rings. The Balaban J connectivity index is 1.85. The topological polar surface area (TPSA) is 96.0 Å². The summed E-state index contributed by atoms with van der Waals surface area (Å²) in [4.78, 5) is 29.8. The maximum Gasteiger partial charge on any atom is 0.264 e. The van der Waals surface area contributed by atoms with Crippen molar-refractivity contribution in [3.8, 4) is 5.75 Å². The Bertz CT molecular complexity index is 1750. The lowest BCUT2D eigenvalue weighted by atomic mass is 10.0. The molecule has 0 aromatic heterocycles. The summed E-state index contributed by atoms with van der Waals surface area (Å²) in [7, 11) is -2.91. The molecule has 0 saturated heterocycles. The van der Waals surface area contributed by atoms with Crippen molar-refractivity contribution in [1.29, 1.82) is 0 Å². The lowest BCUT2D eigenvalue weighted by Gasteiger charge is -2.34. The van der Waals surface area contributed by atoms with Crippen LogP contribution in [0.3, 0.4) is 0 Å². The van der Waals surface area contributed by atoms with E-state index in [0.717, 1.165) is 15.4 Å². The lowest BCUT2D eigenvalue weighted by Crippen LogP contribution is -2.54. The number of anilines is 1. The quantitative estimate of drug-likeness (QED) is 0.170. The van der Waals surface area contributed by atoms with Gasteiger partial charge in [-0.1, -0.05) is 83.4 Å². The molecule has 0 radical (unpaired) electrons. The normalized spacial score (nSPS) is 12.0. The number of amides is 2. The molecule has 1 N–H and O–H groups in total. The van der Waals surface area contributed by atoms with Crippen LogP contribution < -0.4 is 14.4 Å². The Morgan fingerprint density at radius 2 is 1.48 bits per heavy atom. The van der Waals surface area contributed by atoms with Gasteiger partial charge in [0.1, 0.15) is 18.3 Å². The summed E-state index contributed by atoms with van der Waals surface area (Å²) in [6.45, 7) is 4.90. The van der Waals surface area contributed by atoms with Crippen LogP contribution in [0.5, 0.6) is 5.75 Å². The van der Waals surface area contributed by atoms with Crippen molar-refractivity contribution in [3.05, 3.63) is 124 Å². The van der Waals surface area contributed by atoms with E-state index in [2.05, 4.69) is 5.32 Å². The third-order valence-electron chi connectivity index (χ3n) is 7.27. The Hall–Kier alpha value is -4.05. The van der Waals surface area contributed by atoms with Crippen LogP contribution in [0.1, 0.15) is 30.5 Å². The minimum absolute atomic E-state index is 0.0180. The van der Waals surface area contributed by atoms with Crippen molar-refractivity contribution in [2.24, 2.45) is 0 Å². The molecule has 0 bridgehead atoms. The summed E-state index contributed by atoms with van der Waals surface area (Å²) in [6, 6.07) is 26.0. The molecule has 0 aliphatic heterocycles. The number of ether oxygens (including phenoxy) is 1. The van der Waals surface area contributed by atoms with Crippen molar-refractivity contribution in [1.82, 2.24) is 10.2 Å². The van der Waals surface area contributed by atoms with Gasteiger partial charge in [-0.15, -0.1) is 0 Å². The molecule has 8 nitrogen and oxygen atoms in total. The number of aryl methyl sites for hydroxylation is 1. The minimum Gasteiger partial charge on any atom is -0.495 e. The number of nitrogens with zero attached hydrogens (tertiary/aromatic N) is 2. The Morgan fingerprint density at radius 3 is 2.09 bits per heavy atom. The summed E-state index contributed by atoms with van der Waals surface area (Å²) < 4.78 is 35.1. The van der Waals surface area contributed by atoms with E-state index in [0.29, 0.717) is 10.6 Å². The fourth-order valence-corrected chi connectivity index (χ4v) is 6.64. The summed E-state index contributed by atoms with van der Waals surface area (Å²) in [6.07, 6.45) is 0.198. The van der Waals surface area contributed by atoms with Gasteiger partial charge < -0.3 is 15.0 Å². The molecule has 0 aliphatic rings. The number of nitrogens with one attached hydrogen (secondary N) is 1. The number of benzene rings is 4. The molecule has 2 amide bonds. The van der Waals surface area contributed by atoms with Gasteiger partial charge in [0.25, 0.3) is 10.0 Å². The van der Waals surface area contributed by atoms with Crippen LogP contribution in [0.15, 0.2) is 102 Å². The zero-order valence-electron chi connectivity index (χ0n) is 26.1. The van der Waals surface area contributed by atoms with Gasteiger partial charge in [0, 0.05) is 29.1 Å². The van der Waals surface area contributed by atoms with Crippen molar-refractivity contribution in [3.63, 3.8) is 0 Å².